The van der Waals surface area contributed by atoms with Crippen LogP contribution in [0.2, 0.25) is 0 Å². The van der Waals surface area contributed by atoms with E-state index in [2.05, 4.69) is 64.8 Å². The first kappa shape index (κ1) is 16.7. The Morgan fingerprint density at radius 2 is 1.62 bits per heavy atom. The van der Waals surface area contributed by atoms with Crippen LogP contribution in [0.25, 0.3) is 0 Å². The number of rotatable bonds is 2. The fraction of sp³-hybridized carbons (Fsp3) is 0.409. The van der Waals surface area contributed by atoms with Gasteiger partial charge in [-0.25, -0.2) is 0 Å². The van der Waals surface area contributed by atoms with E-state index in [9.17, 15) is 0 Å². The number of hydrogen-bond acceptors (Lipinski definition) is 2. The average molecular weight is 360 g/mol. The van der Waals surface area contributed by atoms with Gasteiger partial charge in [0.2, 0.25) is 7.00 Å². The topological polar surface area (TPSA) is 15.3 Å². The molecule has 0 amide bonds. The van der Waals surface area contributed by atoms with E-state index < -0.39 is 0 Å². The fourth-order valence-electron chi connectivity index (χ4n) is 5.10. The predicted molar refractivity (Wildman–Crippen MR) is 114 cm³/mol. The molecule has 0 bridgehead atoms. The van der Waals surface area contributed by atoms with Crippen LogP contribution in [-0.2, 0) is 0 Å². The number of benzene rings is 2. The maximum absolute atomic E-state index is 3.68. The summed E-state index contributed by atoms with van der Waals surface area (Å²) in [5.74, 6) is 2.10. The van der Waals surface area contributed by atoms with Crippen molar-refractivity contribution in [2.45, 2.75) is 24.7 Å². The van der Waals surface area contributed by atoms with Gasteiger partial charge in [-0.3, -0.25) is 4.90 Å². The summed E-state index contributed by atoms with van der Waals surface area (Å²) in [5.41, 5.74) is 6.41. The number of fused-ring (bicyclic) bond motifs is 3. The minimum Gasteiger partial charge on any atom is -0.315 e. The molecule has 132 valence electrons. The van der Waals surface area contributed by atoms with Gasteiger partial charge in [0.1, 0.15) is 0 Å². The highest BCUT2D eigenvalue weighted by Gasteiger charge is 2.37. The van der Waals surface area contributed by atoms with Gasteiger partial charge in [-0.05, 0) is 29.9 Å². The molecular weight excluding hydrogens is 334 g/mol. The lowest BCUT2D eigenvalue weighted by Crippen LogP contribution is -2.42. The van der Waals surface area contributed by atoms with Crippen LogP contribution in [0.4, 0.5) is 0 Å². The third-order valence-electron chi connectivity index (χ3n) is 6.50. The second kappa shape index (κ2) is 7.31. The molecule has 0 aromatic heterocycles. The Balaban J connectivity index is 1.35. The van der Waals surface area contributed by atoms with Crippen molar-refractivity contribution in [3.8, 4) is 0 Å². The standard InChI is InChI=1S/C22H26BN2P/c1-2-6-16(7-3-1)17-10-12-25(13-11-17)22-20-15-24-14-19(20)18-8-4-5-9-21(18)23-26-22/h1-9,17,19-20,23-24H,10-15H2/t19-,20+/m0/s1. The van der Waals surface area contributed by atoms with Crippen molar-refractivity contribution < 1.29 is 0 Å². The molecule has 2 aromatic rings. The van der Waals surface area contributed by atoms with Crippen LogP contribution in [0.5, 0.6) is 0 Å². The first-order chi connectivity index (χ1) is 12.9. The van der Waals surface area contributed by atoms with Crippen molar-refractivity contribution in [1.29, 1.82) is 0 Å². The van der Waals surface area contributed by atoms with Gasteiger partial charge >= 0.3 is 0 Å². The van der Waals surface area contributed by atoms with E-state index >= 15 is 0 Å². The Morgan fingerprint density at radius 3 is 2.46 bits per heavy atom. The van der Waals surface area contributed by atoms with Gasteiger partial charge < -0.3 is 5.32 Å². The van der Waals surface area contributed by atoms with Crippen molar-refractivity contribution in [2.75, 3.05) is 26.2 Å². The molecule has 0 aliphatic carbocycles. The average Bonchev–Trinajstić information content (AvgIpc) is 3.13. The van der Waals surface area contributed by atoms with Gasteiger partial charge in [-0.1, -0.05) is 60.1 Å². The summed E-state index contributed by atoms with van der Waals surface area (Å²) in [7, 11) is 1.53. The molecule has 1 N–H and O–H groups in total. The molecule has 0 radical (unpaired) electrons. The number of nitrogens with one attached hydrogen (secondary N) is 1. The van der Waals surface area contributed by atoms with E-state index in [-0.39, 0.29) is 0 Å². The first-order valence-corrected chi connectivity index (χ1v) is 11.1. The molecule has 0 saturated carbocycles. The zero-order valence-electron chi connectivity index (χ0n) is 15.3. The van der Waals surface area contributed by atoms with E-state index in [1.165, 1.54) is 46.6 Å². The van der Waals surface area contributed by atoms with Crippen molar-refractivity contribution in [3.63, 3.8) is 0 Å². The van der Waals surface area contributed by atoms with Gasteiger partial charge in [-0.2, -0.15) is 0 Å². The normalized spacial score (nSPS) is 27.0. The third-order valence-corrected chi connectivity index (χ3v) is 7.94. The lowest BCUT2D eigenvalue weighted by atomic mass is 9.79. The smallest absolute Gasteiger partial charge is 0.220 e. The second-order valence-corrected chi connectivity index (χ2v) is 9.01. The SMILES string of the molecule is B1P=C(N2CCC(c3ccccc3)CC2)[C@@H]2CNC[C@H]2c2ccccc21. The maximum atomic E-state index is 3.68. The minimum atomic E-state index is 0.669. The Hall–Kier alpha value is -1.41. The van der Waals surface area contributed by atoms with Gasteiger partial charge in [-0.15, -0.1) is 8.08 Å². The molecule has 0 spiro atoms. The molecule has 26 heavy (non-hydrogen) atoms. The van der Waals surface area contributed by atoms with Crippen LogP contribution in [0, 0.1) is 5.92 Å². The number of likely N-dealkylation sites (tertiary alicyclic amines) is 1. The van der Waals surface area contributed by atoms with Crippen molar-refractivity contribution in [2.24, 2.45) is 5.92 Å². The van der Waals surface area contributed by atoms with E-state index in [4.69, 9.17) is 0 Å². The molecule has 3 aliphatic heterocycles. The van der Waals surface area contributed by atoms with Crippen LogP contribution in [0.15, 0.2) is 54.6 Å². The largest absolute Gasteiger partial charge is 0.315 e. The Morgan fingerprint density at radius 1 is 0.885 bits per heavy atom. The van der Waals surface area contributed by atoms with Crippen molar-refractivity contribution in [1.82, 2.24) is 10.2 Å². The van der Waals surface area contributed by atoms with Crippen LogP contribution < -0.4 is 10.8 Å². The molecule has 3 aliphatic rings. The van der Waals surface area contributed by atoms with Crippen LogP contribution in [-0.4, -0.2) is 43.5 Å². The molecule has 2 atom stereocenters. The summed E-state index contributed by atoms with van der Waals surface area (Å²) in [6.45, 7) is 5.93. The Kier molecular flexibility index (Phi) is 4.71. The molecule has 2 nitrogen and oxygen atoms in total. The quantitative estimate of drug-likeness (QED) is 0.655. The zero-order chi connectivity index (χ0) is 17.3. The predicted octanol–water partition coefficient (Wildman–Crippen LogP) is 2.94. The number of hydrogen-bond donors (Lipinski definition) is 1. The Labute approximate surface area is 159 Å². The third kappa shape index (κ3) is 3.07. The number of nitrogens with zero attached hydrogens (tertiary/aromatic N) is 1. The maximum Gasteiger partial charge on any atom is 0.220 e. The van der Waals surface area contributed by atoms with Crippen molar-refractivity contribution in [3.05, 3.63) is 65.7 Å². The zero-order valence-corrected chi connectivity index (χ0v) is 16.2. The van der Waals surface area contributed by atoms with Gasteiger partial charge in [0, 0.05) is 43.4 Å². The summed E-state index contributed by atoms with van der Waals surface area (Å²) < 4.78 is 0. The lowest BCUT2D eigenvalue weighted by Gasteiger charge is -2.36. The van der Waals surface area contributed by atoms with Crippen LogP contribution >= 0.6 is 8.08 Å². The highest BCUT2D eigenvalue weighted by molar-refractivity contribution is 7.73. The fourth-order valence-corrected chi connectivity index (χ4v) is 6.63. The highest BCUT2D eigenvalue weighted by Crippen LogP contribution is 2.36. The molecule has 2 aromatic carbocycles. The van der Waals surface area contributed by atoms with E-state index in [0.717, 1.165) is 19.0 Å². The molecule has 2 saturated heterocycles. The lowest BCUT2D eigenvalue weighted by molar-refractivity contribution is 0.304. The summed E-state index contributed by atoms with van der Waals surface area (Å²) in [5, 5.41) is 3.68. The molecular formula is C22H26BN2P. The molecule has 2 fully saturated rings. The number of piperidine rings is 1. The van der Waals surface area contributed by atoms with Crippen LogP contribution in [0.3, 0.4) is 0 Å². The van der Waals surface area contributed by atoms with E-state index in [1.807, 2.05) is 0 Å². The highest BCUT2D eigenvalue weighted by atomic mass is 31.0. The van der Waals surface area contributed by atoms with E-state index in [1.54, 1.807) is 16.4 Å². The molecule has 5 rings (SSSR count). The Bertz CT molecular complexity index is 799. The summed E-state index contributed by atoms with van der Waals surface area (Å²) in [6.07, 6.45) is 2.58. The molecule has 4 heteroatoms. The van der Waals surface area contributed by atoms with Crippen LogP contribution in [0.1, 0.15) is 35.8 Å². The van der Waals surface area contributed by atoms with Gasteiger partial charge in [0.05, 0.1) is 0 Å². The first-order valence-electron chi connectivity index (χ1n) is 10.0. The second-order valence-electron chi connectivity index (χ2n) is 7.92. The molecule has 3 heterocycles. The van der Waals surface area contributed by atoms with E-state index in [0.29, 0.717) is 11.8 Å². The summed E-state index contributed by atoms with van der Waals surface area (Å²) in [6, 6.07) is 20.3. The molecule has 0 unspecified atom stereocenters. The summed E-state index contributed by atoms with van der Waals surface area (Å²) in [4.78, 5) is 2.75. The monoisotopic (exact) mass is 360 g/mol. The van der Waals surface area contributed by atoms with Gasteiger partial charge in [0.25, 0.3) is 0 Å². The summed E-state index contributed by atoms with van der Waals surface area (Å²) >= 11 is 0. The van der Waals surface area contributed by atoms with Crippen molar-refractivity contribution >= 4 is 26.0 Å². The minimum absolute atomic E-state index is 0.669. The van der Waals surface area contributed by atoms with Gasteiger partial charge in [0.15, 0.2) is 0 Å².